The molecule has 0 radical (unpaired) electrons. The quantitative estimate of drug-likeness (QED) is 0.778. The van der Waals surface area contributed by atoms with Crippen LogP contribution in [0, 0.1) is 5.92 Å². The van der Waals surface area contributed by atoms with Gasteiger partial charge in [-0.05, 0) is 31.6 Å². The Hall–Kier alpha value is -1.36. The van der Waals surface area contributed by atoms with E-state index in [2.05, 4.69) is 20.6 Å². The molecule has 5 heteroatoms. The minimum Gasteiger partial charge on any atom is -0.354 e. The molecule has 2 aliphatic rings. The van der Waals surface area contributed by atoms with E-state index in [1.165, 1.54) is 32.1 Å². The van der Waals surface area contributed by atoms with Crippen molar-refractivity contribution in [1.82, 2.24) is 20.6 Å². The van der Waals surface area contributed by atoms with Crippen molar-refractivity contribution in [2.24, 2.45) is 5.92 Å². The number of imidazole rings is 1. The van der Waals surface area contributed by atoms with Gasteiger partial charge in [0.25, 0.3) is 0 Å². The van der Waals surface area contributed by atoms with E-state index in [9.17, 15) is 4.79 Å². The number of carbonyl (C=O) groups is 1. The van der Waals surface area contributed by atoms with Gasteiger partial charge in [0.2, 0.25) is 5.91 Å². The first-order chi connectivity index (χ1) is 9.83. The van der Waals surface area contributed by atoms with Crippen LogP contribution in [0.15, 0.2) is 12.5 Å². The van der Waals surface area contributed by atoms with Crippen molar-refractivity contribution in [2.45, 2.75) is 57.0 Å². The zero-order chi connectivity index (χ0) is 13.8. The number of aromatic nitrogens is 2. The molecular weight excluding hydrogens is 252 g/mol. The second kappa shape index (κ2) is 6.39. The van der Waals surface area contributed by atoms with Gasteiger partial charge in [-0.3, -0.25) is 4.79 Å². The van der Waals surface area contributed by atoms with Crippen molar-refractivity contribution in [3.05, 3.63) is 18.2 Å². The zero-order valence-corrected chi connectivity index (χ0v) is 11.9. The van der Waals surface area contributed by atoms with Gasteiger partial charge in [0, 0.05) is 30.9 Å². The average molecular weight is 276 g/mol. The Morgan fingerprint density at radius 1 is 1.30 bits per heavy atom. The predicted molar refractivity (Wildman–Crippen MR) is 77.2 cm³/mol. The van der Waals surface area contributed by atoms with Crippen LogP contribution in [0.5, 0.6) is 0 Å². The molecule has 0 bridgehead atoms. The Labute approximate surface area is 119 Å². The van der Waals surface area contributed by atoms with Crippen LogP contribution in [0.4, 0.5) is 0 Å². The van der Waals surface area contributed by atoms with Gasteiger partial charge in [-0.2, -0.15) is 0 Å². The number of hydrogen-bond acceptors (Lipinski definition) is 3. The van der Waals surface area contributed by atoms with Crippen molar-refractivity contribution in [1.29, 1.82) is 0 Å². The number of amides is 1. The summed E-state index contributed by atoms with van der Waals surface area (Å²) in [6, 6.07) is 0.581. The standard InChI is InChI=1S/C15H24N4O/c20-15(17-8-7-12-9-16-10-18-12)14-6-5-11-3-1-2-4-13(11)19-14/h9-11,13-14,19H,1-8H2,(H,16,18)(H,17,20). The van der Waals surface area contributed by atoms with Gasteiger partial charge >= 0.3 is 0 Å². The Balaban J connectivity index is 1.43. The molecule has 3 N–H and O–H groups in total. The monoisotopic (exact) mass is 276 g/mol. The molecule has 110 valence electrons. The molecule has 3 atom stereocenters. The van der Waals surface area contributed by atoms with Gasteiger partial charge in [0.1, 0.15) is 0 Å². The van der Waals surface area contributed by atoms with E-state index in [0.717, 1.165) is 24.5 Å². The molecule has 1 saturated carbocycles. The van der Waals surface area contributed by atoms with Gasteiger partial charge in [0.05, 0.1) is 12.4 Å². The lowest BCUT2D eigenvalue weighted by atomic mass is 9.77. The van der Waals surface area contributed by atoms with Crippen LogP contribution in [-0.4, -0.2) is 34.5 Å². The highest BCUT2D eigenvalue weighted by molar-refractivity contribution is 5.81. The molecule has 1 aliphatic heterocycles. The number of carbonyl (C=O) groups excluding carboxylic acids is 1. The fourth-order valence-corrected chi connectivity index (χ4v) is 3.57. The van der Waals surface area contributed by atoms with Crippen LogP contribution in [-0.2, 0) is 11.2 Å². The maximum atomic E-state index is 12.2. The number of fused-ring (bicyclic) bond motifs is 1. The average Bonchev–Trinajstić information content (AvgIpc) is 3.00. The van der Waals surface area contributed by atoms with Crippen molar-refractivity contribution >= 4 is 5.91 Å². The molecule has 3 rings (SSSR count). The zero-order valence-electron chi connectivity index (χ0n) is 11.9. The molecular formula is C15H24N4O. The summed E-state index contributed by atoms with van der Waals surface area (Å²) in [4.78, 5) is 19.2. The maximum Gasteiger partial charge on any atom is 0.237 e. The summed E-state index contributed by atoms with van der Waals surface area (Å²) in [7, 11) is 0. The van der Waals surface area contributed by atoms with Crippen LogP contribution in [0.2, 0.25) is 0 Å². The lowest BCUT2D eigenvalue weighted by Crippen LogP contribution is -2.55. The number of rotatable bonds is 4. The Kier molecular flexibility index (Phi) is 4.35. The largest absolute Gasteiger partial charge is 0.354 e. The Morgan fingerprint density at radius 2 is 2.20 bits per heavy atom. The molecule has 2 fully saturated rings. The predicted octanol–water partition coefficient (Wildman–Crippen LogP) is 1.38. The normalized spacial score (nSPS) is 29.7. The molecule has 3 unspecified atom stereocenters. The highest BCUT2D eigenvalue weighted by Crippen LogP contribution is 2.32. The van der Waals surface area contributed by atoms with E-state index < -0.39 is 0 Å². The molecule has 2 heterocycles. The number of nitrogens with one attached hydrogen (secondary N) is 3. The second-order valence-corrected chi connectivity index (χ2v) is 6.07. The van der Waals surface area contributed by atoms with Crippen LogP contribution < -0.4 is 10.6 Å². The first-order valence-electron chi connectivity index (χ1n) is 7.84. The van der Waals surface area contributed by atoms with Crippen LogP contribution >= 0.6 is 0 Å². The number of piperidine rings is 1. The molecule has 1 aromatic heterocycles. The molecule has 1 amide bonds. The first kappa shape index (κ1) is 13.6. The molecule has 1 aliphatic carbocycles. The summed E-state index contributed by atoms with van der Waals surface area (Å²) < 4.78 is 0. The van der Waals surface area contributed by atoms with Crippen molar-refractivity contribution in [2.75, 3.05) is 6.54 Å². The topological polar surface area (TPSA) is 69.8 Å². The van der Waals surface area contributed by atoms with E-state index in [1.807, 2.05) is 0 Å². The van der Waals surface area contributed by atoms with E-state index in [1.54, 1.807) is 12.5 Å². The third kappa shape index (κ3) is 3.20. The second-order valence-electron chi connectivity index (χ2n) is 6.07. The van der Waals surface area contributed by atoms with Gasteiger partial charge in [-0.15, -0.1) is 0 Å². The summed E-state index contributed by atoms with van der Waals surface area (Å²) in [5.74, 6) is 0.964. The van der Waals surface area contributed by atoms with Crippen LogP contribution in [0.1, 0.15) is 44.2 Å². The third-order valence-corrected chi connectivity index (χ3v) is 4.72. The molecule has 0 spiro atoms. The van der Waals surface area contributed by atoms with E-state index in [4.69, 9.17) is 0 Å². The SMILES string of the molecule is O=C(NCCc1cnc[nH]1)C1CCC2CCCCC2N1. The fraction of sp³-hybridized carbons (Fsp3) is 0.733. The number of H-pyrrole nitrogens is 1. The first-order valence-corrected chi connectivity index (χ1v) is 7.84. The molecule has 1 aromatic rings. The summed E-state index contributed by atoms with van der Waals surface area (Å²) in [6.07, 6.45) is 11.7. The number of nitrogens with zero attached hydrogens (tertiary/aromatic N) is 1. The van der Waals surface area contributed by atoms with E-state index in [-0.39, 0.29) is 11.9 Å². The highest BCUT2D eigenvalue weighted by Gasteiger charge is 2.34. The highest BCUT2D eigenvalue weighted by atomic mass is 16.2. The number of aromatic amines is 1. The minimum absolute atomic E-state index is 0.0103. The summed E-state index contributed by atoms with van der Waals surface area (Å²) in [6.45, 7) is 0.674. The summed E-state index contributed by atoms with van der Waals surface area (Å²) in [5, 5.41) is 6.60. The van der Waals surface area contributed by atoms with Crippen LogP contribution in [0.25, 0.3) is 0 Å². The number of hydrogen-bond donors (Lipinski definition) is 3. The van der Waals surface area contributed by atoms with E-state index in [0.29, 0.717) is 12.6 Å². The maximum absolute atomic E-state index is 12.2. The lowest BCUT2D eigenvalue weighted by molar-refractivity contribution is -0.124. The molecule has 5 nitrogen and oxygen atoms in total. The molecule has 0 aromatic carbocycles. The Morgan fingerprint density at radius 3 is 3.05 bits per heavy atom. The van der Waals surface area contributed by atoms with Gasteiger partial charge in [-0.1, -0.05) is 12.8 Å². The van der Waals surface area contributed by atoms with Crippen LogP contribution in [0.3, 0.4) is 0 Å². The van der Waals surface area contributed by atoms with Gasteiger partial charge < -0.3 is 15.6 Å². The van der Waals surface area contributed by atoms with Crippen molar-refractivity contribution < 1.29 is 4.79 Å². The van der Waals surface area contributed by atoms with Crippen molar-refractivity contribution in [3.8, 4) is 0 Å². The van der Waals surface area contributed by atoms with Gasteiger partial charge in [-0.25, -0.2) is 4.98 Å². The Bertz CT molecular complexity index is 431. The summed E-state index contributed by atoms with van der Waals surface area (Å²) >= 11 is 0. The lowest BCUT2D eigenvalue weighted by Gasteiger charge is -2.39. The smallest absolute Gasteiger partial charge is 0.237 e. The van der Waals surface area contributed by atoms with Crippen molar-refractivity contribution in [3.63, 3.8) is 0 Å². The summed E-state index contributed by atoms with van der Waals surface area (Å²) in [5.41, 5.74) is 1.06. The van der Waals surface area contributed by atoms with E-state index >= 15 is 0 Å². The minimum atomic E-state index is 0.0103. The van der Waals surface area contributed by atoms with Gasteiger partial charge in [0.15, 0.2) is 0 Å². The third-order valence-electron chi connectivity index (χ3n) is 4.72. The molecule has 1 saturated heterocycles. The molecule has 20 heavy (non-hydrogen) atoms. The fourth-order valence-electron chi connectivity index (χ4n) is 3.57.